The van der Waals surface area contributed by atoms with Crippen molar-refractivity contribution in [3.63, 3.8) is 0 Å². The first-order valence-electron chi connectivity index (χ1n) is 7.79. The predicted molar refractivity (Wildman–Crippen MR) is 97.0 cm³/mol. The Hall–Kier alpha value is -2.92. The van der Waals surface area contributed by atoms with Gasteiger partial charge in [-0.3, -0.25) is 9.69 Å². The maximum absolute atomic E-state index is 13.4. The lowest BCUT2D eigenvalue weighted by Gasteiger charge is -2.31. The smallest absolute Gasteiger partial charge is 0.266 e. The van der Waals surface area contributed by atoms with Gasteiger partial charge < -0.3 is 4.74 Å². The van der Waals surface area contributed by atoms with Gasteiger partial charge in [0.25, 0.3) is 5.91 Å². The summed E-state index contributed by atoms with van der Waals surface area (Å²) in [4.78, 5) is 16.2. The van der Waals surface area contributed by atoms with E-state index in [0.717, 1.165) is 0 Å². The van der Waals surface area contributed by atoms with E-state index in [9.17, 15) is 9.00 Å². The van der Waals surface area contributed by atoms with Crippen LogP contribution in [0.3, 0.4) is 0 Å². The highest BCUT2D eigenvalue weighted by Gasteiger charge is 2.33. The average Bonchev–Trinajstić information content (AvgIpc) is 2.68. The average molecular weight is 349 g/mol. The molecule has 1 amide bonds. The Labute approximate surface area is 148 Å². The van der Waals surface area contributed by atoms with Crippen molar-refractivity contribution in [3.05, 3.63) is 78.4 Å². The van der Waals surface area contributed by atoms with Crippen LogP contribution in [0, 0.1) is 0 Å². The molecule has 0 spiro atoms. The molecule has 0 aromatic heterocycles. The molecule has 4 rings (SSSR count). The summed E-state index contributed by atoms with van der Waals surface area (Å²) < 4.78 is 18.2. The van der Waals surface area contributed by atoms with Crippen LogP contribution >= 0.6 is 0 Å². The SMILES string of the molecule is COc1ccccc1C(=O)N1c2ccccc2S(=O)c2ccccc21. The number of methoxy groups -OCH3 is 1. The first kappa shape index (κ1) is 15.6. The van der Waals surface area contributed by atoms with Crippen LogP contribution in [0.4, 0.5) is 11.4 Å². The van der Waals surface area contributed by atoms with Crippen LogP contribution in [0.1, 0.15) is 10.4 Å². The van der Waals surface area contributed by atoms with Crippen molar-refractivity contribution >= 4 is 28.1 Å². The van der Waals surface area contributed by atoms with Gasteiger partial charge in [-0.2, -0.15) is 0 Å². The summed E-state index contributed by atoms with van der Waals surface area (Å²) in [6, 6.07) is 21.7. The molecule has 1 aliphatic rings. The molecule has 0 aliphatic carbocycles. The molecular formula is C20H15NO3S. The quantitative estimate of drug-likeness (QED) is 0.698. The summed E-state index contributed by atoms with van der Waals surface area (Å²) in [5, 5.41) is 0. The molecule has 1 aliphatic heterocycles. The summed E-state index contributed by atoms with van der Waals surface area (Å²) in [6.07, 6.45) is 0. The number of nitrogens with zero attached hydrogens (tertiary/aromatic N) is 1. The van der Waals surface area contributed by atoms with Gasteiger partial charge in [0, 0.05) is 0 Å². The molecule has 0 fully saturated rings. The van der Waals surface area contributed by atoms with Crippen LogP contribution < -0.4 is 9.64 Å². The molecule has 0 unspecified atom stereocenters. The number of carbonyl (C=O) groups is 1. The predicted octanol–water partition coefficient (Wildman–Crippen LogP) is 4.15. The second-order valence-electron chi connectivity index (χ2n) is 5.55. The second-order valence-corrected chi connectivity index (χ2v) is 6.96. The number of amides is 1. The van der Waals surface area contributed by atoms with Crippen molar-refractivity contribution in [1.29, 1.82) is 0 Å². The van der Waals surface area contributed by atoms with Crippen molar-refractivity contribution in [2.24, 2.45) is 0 Å². The van der Waals surface area contributed by atoms with Gasteiger partial charge in [0.05, 0.1) is 44.6 Å². The number of para-hydroxylation sites is 3. The minimum absolute atomic E-state index is 0.214. The number of carbonyl (C=O) groups excluding carboxylic acids is 1. The lowest BCUT2D eigenvalue weighted by atomic mass is 10.1. The van der Waals surface area contributed by atoms with Crippen LogP contribution in [-0.2, 0) is 10.8 Å². The molecular weight excluding hydrogens is 334 g/mol. The zero-order valence-electron chi connectivity index (χ0n) is 13.5. The molecule has 0 atom stereocenters. The van der Waals surface area contributed by atoms with Crippen molar-refractivity contribution in [2.45, 2.75) is 9.79 Å². The normalized spacial score (nSPS) is 13.1. The first-order valence-corrected chi connectivity index (χ1v) is 8.94. The minimum Gasteiger partial charge on any atom is -0.496 e. The summed E-state index contributed by atoms with van der Waals surface area (Å²) in [5.74, 6) is 0.295. The Morgan fingerprint density at radius 2 is 1.36 bits per heavy atom. The van der Waals surface area contributed by atoms with E-state index < -0.39 is 10.8 Å². The Kier molecular flexibility index (Phi) is 3.86. The molecule has 0 N–H and O–H groups in total. The Morgan fingerprint density at radius 3 is 1.96 bits per heavy atom. The van der Waals surface area contributed by atoms with Gasteiger partial charge in [-0.1, -0.05) is 36.4 Å². The molecule has 25 heavy (non-hydrogen) atoms. The fourth-order valence-corrected chi connectivity index (χ4v) is 4.35. The molecule has 3 aromatic rings. The summed E-state index contributed by atoms with van der Waals surface area (Å²) >= 11 is 0. The third kappa shape index (κ3) is 2.44. The minimum atomic E-state index is -1.32. The number of fused-ring (bicyclic) bond motifs is 2. The molecule has 4 nitrogen and oxygen atoms in total. The number of hydrogen-bond acceptors (Lipinski definition) is 3. The highest BCUT2D eigenvalue weighted by atomic mass is 32.2. The van der Waals surface area contributed by atoms with Crippen LogP contribution in [0.15, 0.2) is 82.6 Å². The summed E-state index contributed by atoms with van der Waals surface area (Å²) in [7, 11) is 0.225. The fraction of sp³-hybridized carbons (Fsp3) is 0.0500. The third-order valence-electron chi connectivity index (χ3n) is 4.15. The van der Waals surface area contributed by atoms with Gasteiger partial charge in [0.2, 0.25) is 0 Å². The van der Waals surface area contributed by atoms with Gasteiger partial charge in [-0.25, -0.2) is 4.21 Å². The summed E-state index contributed by atoms with van der Waals surface area (Å²) in [6.45, 7) is 0. The number of benzene rings is 3. The van der Waals surface area contributed by atoms with Crippen molar-refractivity contribution in [2.75, 3.05) is 12.0 Å². The van der Waals surface area contributed by atoms with E-state index in [1.807, 2.05) is 42.5 Å². The van der Waals surface area contributed by atoms with Crippen molar-refractivity contribution < 1.29 is 13.7 Å². The highest BCUT2D eigenvalue weighted by molar-refractivity contribution is 7.85. The van der Waals surface area contributed by atoms with Crippen molar-refractivity contribution in [3.8, 4) is 5.75 Å². The number of rotatable bonds is 2. The van der Waals surface area contributed by atoms with E-state index in [1.54, 1.807) is 42.3 Å². The van der Waals surface area contributed by atoms with Crippen LogP contribution in [-0.4, -0.2) is 17.2 Å². The highest BCUT2D eigenvalue weighted by Crippen LogP contribution is 2.43. The molecule has 0 bridgehead atoms. The van der Waals surface area contributed by atoms with E-state index in [4.69, 9.17) is 4.74 Å². The van der Waals surface area contributed by atoms with Gasteiger partial charge in [0.1, 0.15) is 5.75 Å². The van der Waals surface area contributed by atoms with Gasteiger partial charge in [-0.15, -0.1) is 0 Å². The number of ether oxygens (including phenoxy) is 1. The largest absolute Gasteiger partial charge is 0.496 e. The van der Waals surface area contributed by atoms with Gasteiger partial charge in [0.15, 0.2) is 0 Å². The summed E-state index contributed by atoms with van der Waals surface area (Å²) in [5.41, 5.74) is 1.73. The molecule has 124 valence electrons. The van der Waals surface area contributed by atoms with E-state index in [2.05, 4.69) is 0 Å². The van der Waals surface area contributed by atoms with Crippen LogP contribution in [0.5, 0.6) is 5.75 Å². The van der Waals surface area contributed by atoms with Crippen LogP contribution in [0.25, 0.3) is 0 Å². The Bertz CT molecular complexity index is 950. The maximum Gasteiger partial charge on any atom is 0.266 e. The zero-order chi connectivity index (χ0) is 17.4. The molecule has 1 heterocycles. The lowest BCUT2D eigenvalue weighted by Crippen LogP contribution is -2.30. The second kappa shape index (κ2) is 6.18. The van der Waals surface area contributed by atoms with Gasteiger partial charge in [-0.05, 0) is 36.4 Å². The maximum atomic E-state index is 13.4. The number of anilines is 2. The third-order valence-corrected chi connectivity index (χ3v) is 5.64. The Morgan fingerprint density at radius 1 is 0.840 bits per heavy atom. The monoisotopic (exact) mass is 349 g/mol. The molecule has 3 aromatic carbocycles. The fourth-order valence-electron chi connectivity index (χ4n) is 3.01. The van der Waals surface area contributed by atoms with E-state index in [1.165, 1.54) is 0 Å². The van der Waals surface area contributed by atoms with E-state index >= 15 is 0 Å². The molecule has 5 heteroatoms. The molecule has 0 saturated heterocycles. The Balaban J connectivity index is 1.94. The standard InChI is InChI=1S/C20H15NO3S/c1-24-17-11-5-2-8-14(17)20(22)21-15-9-3-6-12-18(15)25(23)19-13-7-4-10-16(19)21/h2-13H,1H3. The zero-order valence-corrected chi connectivity index (χ0v) is 14.3. The van der Waals surface area contributed by atoms with E-state index in [-0.39, 0.29) is 5.91 Å². The van der Waals surface area contributed by atoms with E-state index in [0.29, 0.717) is 32.5 Å². The topological polar surface area (TPSA) is 46.6 Å². The number of hydrogen-bond donors (Lipinski definition) is 0. The van der Waals surface area contributed by atoms with Gasteiger partial charge >= 0.3 is 0 Å². The molecule has 0 saturated carbocycles. The lowest BCUT2D eigenvalue weighted by molar-refractivity contribution is 0.0995. The van der Waals surface area contributed by atoms with Crippen molar-refractivity contribution in [1.82, 2.24) is 0 Å². The van der Waals surface area contributed by atoms with Crippen LogP contribution in [0.2, 0.25) is 0 Å². The first-order chi connectivity index (χ1) is 12.2. The molecule has 0 radical (unpaired) electrons.